The van der Waals surface area contributed by atoms with Crippen LogP contribution in [0.25, 0.3) is 0 Å². The Bertz CT molecular complexity index is 698. The Kier molecular flexibility index (Phi) is 4.76. The second-order valence-corrected chi connectivity index (χ2v) is 6.31. The van der Waals surface area contributed by atoms with E-state index in [0.29, 0.717) is 17.3 Å². The molecule has 0 unspecified atom stereocenters. The van der Waals surface area contributed by atoms with Crippen LogP contribution in [0, 0.1) is 0 Å². The van der Waals surface area contributed by atoms with Gasteiger partial charge in [-0.15, -0.1) is 10.2 Å². The maximum Gasteiger partial charge on any atom is 0.215 e. The summed E-state index contributed by atoms with van der Waals surface area (Å²) in [6.45, 7) is 0.106. The van der Waals surface area contributed by atoms with E-state index >= 15 is 0 Å². The molecule has 0 fully saturated rings. The molecule has 0 saturated carbocycles. The van der Waals surface area contributed by atoms with E-state index in [-0.39, 0.29) is 18.9 Å². The zero-order valence-corrected chi connectivity index (χ0v) is 12.4. The van der Waals surface area contributed by atoms with Gasteiger partial charge in [-0.25, -0.2) is 13.1 Å². The molecular formula is C12H17N5O3S. The van der Waals surface area contributed by atoms with E-state index in [1.165, 1.54) is 6.33 Å². The van der Waals surface area contributed by atoms with Gasteiger partial charge in [0.05, 0.1) is 18.0 Å². The lowest BCUT2D eigenvalue weighted by Gasteiger charge is -2.09. The summed E-state index contributed by atoms with van der Waals surface area (Å²) >= 11 is 0. The maximum absolute atomic E-state index is 11.8. The summed E-state index contributed by atoms with van der Waals surface area (Å²) in [4.78, 5) is 0. The number of rotatable bonds is 7. The van der Waals surface area contributed by atoms with Gasteiger partial charge in [-0.3, -0.25) is 0 Å². The Morgan fingerprint density at radius 3 is 2.81 bits per heavy atom. The molecule has 0 radical (unpaired) electrons. The minimum Gasteiger partial charge on any atom is -0.490 e. The fourth-order valence-electron chi connectivity index (χ4n) is 1.59. The number of benzene rings is 1. The average Bonchev–Trinajstić information content (AvgIpc) is 2.84. The van der Waals surface area contributed by atoms with Gasteiger partial charge in [-0.1, -0.05) is 12.1 Å². The Morgan fingerprint density at radius 2 is 2.14 bits per heavy atom. The third-order valence-corrected chi connectivity index (χ3v) is 4.07. The van der Waals surface area contributed by atoms with Crippen LogP contribution in [0.2, 0.25) is 0 Å². The van der Waals surface area contributed by atoms with Crippen molar-refractivity contribution in [2.24, 2.45) is 7.05 Å². The summed E-state index contributed by atoms with van der Waals surface area (Å²) < 4.78 is 33.1. The van der Waals surface area contributed by atoms with Crippen molar-refractivity contribution in [1.29, 1.82) is 0 Å². The van der Waals surface area contributed by atoms with Crippen LogP contribution in [-0.2, 0) is 23.6 Å². The fraction of sp³-hybridized carbons (Fsp3) is 0.333. The zero-order chi connectivity index (χ0) is 15.3. The van der Waals surface area contributed by atoms with Gasteiger partial charge >= 0.3 is 0 Å². The van der Waals surface area contributed by atoms with E-state index in [0.717, 1.165) is 0 Å². The highest BCUT2D eigenvalue weighted by Crippen LogP contribution is 2.19. The first-order valence-corrected chi connectivity index (χ1v) is 7.91. The highest BCUT2D eigenvalue weighted by atomic mass is 32.2. The number of nitrogens with two attached hydrogens (primary N) is 1. The first-order valence-electron chi connectivity index (χ1n) is 6.25. The van der Waals surface area contributed by atoms with Crippen molar-refractivity contribution >= 4 is 15.7 Å². The summed E-state index contributed by atoms with van der Waals surface area (Å²) in [7, 11) is -1.71. The molecular weight excluding hydrogens is 294 g/mol. The molecule has 2 aromatic rings. The average molecular weight is 311 g/mol. The number of hydrogen-bond acceptors (Lipinski definition) is 6. The third-order valence-electron chi connectivity index (χ3n) is 2.78. The van der Waals surface area contributed by atoms with Crippen LogP contribution in [0.3, 0.4) is 0 Å². The lowest BCUT2D eigenvalue weighted by Crippen LogP contribution is -2.29. The van der Waals surface area contributed by atoms with Gasteiger partial charge in [-0.05, 0) is 12.1 Å². The summed E-state index contributed by atoms with van der Waals surface area (Å²) in [6.07, 6.45) is 1.50. The molecule has 1 aromatic heterocycles. The molecule has 0 aliphatic heterocycles. The molecule has 3 N–H and O–H groups in total. The molecule has 2 rings (SSSR count). The van der Waals surface area contributed by atoms with Gasteiger partial charge in [0.25, 0.3) is 0 Å². The van der Waals surface area contributed by atoms with Crippen LogP contribution in [0.5, 0.6) is 5.75 Å². The molecule has 21 heavy (non-hydrogen) atoms. The number of hydrogen-bond donors (Lipinski definition) is 2. The molecule has 8 nitrogen and oxygen atoms in total. The topological polar surface area (TPSA) is 112 Å². The molecule has 0 bridgehead atoms. The Labute approximate surface area is 123 Å². The van der Waals surface area contributed by atoms with Crippen molar-refractivity contribution in [1.82, 2.24) is 19.5 Å². The lowest BCUT2D eigenvalue weighted by atomic mass is 10.3. The Balaban J connectivity index is 1.82. The van der Waals surface area contributed by atoms with Crippen molar-refractivity contribution in [2.75, 3.05) is 18.1 Å². The second-order valence-electron chi connectivity index (χ2n) is 4.38. The van der Waals surface area contributed by atoms with Crippen molar-refractivity contribution in [3.63, 3.8) is 0 Å². The van der Waals surface area contributed by atoms with Crippen LogP contribution in [-0.4, -0.2) is 35.5 Å². The molecule has 0 saturated heterocycles. The highest BCUT2D eigenvalue weighted by molar-refractivity contribution is 7.89. The number of nitrogen functional groups attached to an aromatic ring is 1. The minimum atomic E-state index is -3.45. The maximum atomic E-state index is 11.8. The number of nitrogens with one attached hydrogen (secondary N) is 1. The van der Waals surface area contributed by atoms with E-state index in [9.17, 15) is 8.42 Å². The predicted molar refractivity (Wildman–Crippen MR) is 78.0 cm³/mol. The molecule has 0 atom stereocenters. The monoisotopic (exact) mass is 311 g/mol. The molecule has 1 aromatic carbocycles. The van der Waals surface area contributed by atoms with Crippen molar-refractivity contribution in [2.45, 2.75) is 6.54 Å². The second kappa shape index (κ2) is 6.55. The SMILES string of the molecule is Cn1cnnc1CNS(=O)(=O)CCOc1ccccc1N. The quantitative estimate of drug-likeness (QED) is 0.690. The smallest absolute Gasteiger partial charge is 0.215 e. The molecule has 0 spiro atoms. The van der Waals surface area contributed by atoms with E-state index < -0.39 is 10.0 Å². The van der Waals surface area contributed by atoms with Gasteiger partial charge < -0.3 is 15.0 Å². The van der Waals surface area contributed by atoms with Gasteiger partial charge in [0, 0.05) is 7.05 Å². The predicted octanol–water partition coefficient (Wildman–Crippen LogP) is -0.104. The molecule has 9 heteroatoms. The molecule has 0 amide bonds. The summed E-state index contributed by atoms with van der Waals surface area (Å²) in [5, 5.41) is 7.47. The Hall–Kier alpha value is -2.13. The van der Waals surface area contributed by atoms with E-state index in [1.807, 2.05) is 0 Å². The van der Waals surface area contributed by atoms with Gasteiger partial charge in [0.15, 0.2) is 0 Å². The molecule has 114 valence electrons. The third kappa shape index (κ3) is 4.43. The summed E-state index contributed by atoms with van der Waals surface area (Å²) in [5.41, 5.74) is 6.18. The van der Waals surface area contributed by atoms with Crippen molar-refractivity contribution in [3.05, 3.63) is 36.4 Å². The van der Waals surface area contributed by atoms with E-state index in [1.54, 1.807) is 35.9 Å². The first-order chi connectivity index (χ1) is 9.98. The van der Waals surface area contributed by atoms with Crippen LogP contribution < -0.4 is 15.2 Å². The van der Waals surface area contributed by atoms with Gasteiger partial charge in [-0.2, -0.15) is 0 Å². The summed E-state index contributed by atoms with van der Waals surface area (Å²) in [5.74, 6) is 0.840. The minimum absolute atomic E-state index is 0.0162. The van der Waals surface area contributed by atoms with Crippen LogP contribution in [0.4, 0.5) is 5.69 Å². The Morgan fingerprint density at radius 1 is 1.38 bits per heavy atom. The fourth-order valence-corrected chi connectivity index (χ4v) is 2.38. The number of aromatic nitrogens is 3. The van der Waals surface area contributed by atoms with E-state index in [2.05, 4.69) is 14.9 Å². The summed E-state index contributed by atoms with van der Waals surface area (Å²) in [6, 6.07) is 6.93. The standard InChI is InChI=1S/C12H17N5O3S/c1-17-9-14-16-12(17)8-15-21(18,19)7-6-20-11-5-3-2-4-10(11)13/h2-5,9,15H,6-8,13H2,1H3. The first kappa shape index (κ1) is 15.3. The van der Waals surface area contributed by atoms with E-state index in [4.69, 9.17) is 10.5 Å². The largest absolute Gasteiger partial charge is 0.490 e. The van der Waals surface area contributed by atoms with Crippen molar-refractivity contribution in [3.8, 4) is 5.75 Å². The molecule has 0 aliphatic rings. The highest BCUT2D eigenvalue weighted by Gasteiger charge is 2.12. The number of aryl methyl sites for hydroxylation is 1. The number of nitrogens with zero attached hydrogens (tertiary/aromatic N) is 3. The number of sulfonamides is 1. The van der Waals surface area contributed by atoms with Gasteiger partial charge in [0.2, 0.25) is 10.0 Å². The number of ether oxygens (including phenoxy) is 1. The lowest BCUT2D eigenvalue weighted by molar-refractivity contribution is 0.342. The zero-order valence-electron chi connectivity index (χ0n) is 11.6. The van der Waals surface area contributed by atoms with Crippen LogP contribution in [0.15, 0.2) is 30.6 Å². The molecule has 0 aliphatic carbocycles. The van der Waals surface area contributed by atoms with Crippen LogP contribution >= 0.6 is 0 Å². The number of para-hydroxylation sites is 2. The normalized spacial score (nSPS) is 11.5. The number of anilines is 1. The van der Waals surface area contributed by atoms with Crippen LogP contribution in [0.1, 0.15) is 5.82 Å². The van der Waals surface area contributed by atoms with Gasteiger partial charge in [0.1, 0.15) is 24.5 Å². The molecule has 1 heterocycles. The van der Waals surface area contributed by atoms with Crippen molar-refractivity contribution < 1.29 is 13.2 Å².